The second-order valence-corrected chi connectivity index (χ2v) is 4.18. The molecule has 94 valence electrons. The molecule has 0 aromatic heterocycles. The number of alkyl halides is 3. The molecule has 0 radical (unpaired) electrons. The molecule has 1 saturated heterocycles. The molecule has 2 N–H and O–H groups in total. The number of hydrogen-bond donors (Lipinski definition) is 1. The molecule has 2 atom stereocenters. The average Bonchev–Trinajstić information content (AvgIpc) is 2.76. The summed E-state index contributed by atoms with van der Waals surface area (Å²) in [5.41, 5.74) is 5.42. The van der Waals surface area contributed by atoms with Gasteiger partial charge in [0.15, 0.2) is 0 Å². The summed E-state index contributed by atoms with van der Waals surface area (Å²) in [5, 5.41) is 0. The van der Waals surface area contributed by atoms with Crippen LogP contribution in [0.15, 0.2) is 24.3 Å². The number of halogens is 3. The third kappa shape index (κ3) is 2.79. The molecule has 1 heterocycles. The molecule has 0 spiro atoms. The van der Waals surface area contributed by atoms with Gasteiger partial charge in [-0.3, -0.25) is 0 Å². The van der Waals surface area contributed by atoms with Crippen molar-refractivity contribution >= 4 is 0 Å². The summed E-state index contributed by atoms with van der Waals surface area (Å²) in [5.74, 6) is 0. The van der Waals surface area contributed by atoms with Crippen LogP contribution in [-0.2, 0) is 10.9 Å². The van der Waals surface area contributed by atoms with E-state index in [4.69, 9.17) is 10.5 Å². The molecule has 0 unspecified atom stereocenters. The van der Waals surface area contributed by atoms with Crippen molar-refractivity contribution in [2.45, 2.75) is 31.2 Å². The van der Waals surface area contributed by atoms with Gasteiger partial charge in [0.2, 0.25) is 0 Å². The average molecular weight is 245 g/mol. The topological polar surface area (TPSA) is 35.2 Å². The summed E-state index contributed by atoms with van der Waals surface area (Å²) in [4.78, 5) is 0. The van der Waals surface area contributed by atoms with Gasteiger partial charge in [-0.25, -0.2) is 0 Å². The third-order valence-corrected chi connectivity index (χ3v) is 2.96. The van der Waals surface area contributed by atoms with Crippen molar-refractivity contribution in [3.05, 3.63) is 35.4 Å². The van der Waals surface area contributed by atoms with Gasteiger partial charge in [0, 0.05) is 6.54 Å². The van der Waals surface area contributed by atoms with Crippen molar-refractivity contribution in [3.8, 4) is 0 Å². The van der Waals surface area contributed by atoms with E-state index in [2.05, 4.69) is 0 Å². The van der Waals surface area contributed by atoms with E-state index in [-0.39, 0.29) is 12.2 Å². The summed E-state index contributed by atoms with van der Waals surface area (Å²) in [6.07, 6.45) is -3.07. The fourth-order valence-electron chi connectivity index (χ4n) is 2.04. The second-order valence-electron chi connectivity index (χ2n) is 4.18. The standard InChI is InChI=1S/C12H14F3NO/c13-12(14,15)9-3-1-2-8(6-9)11-5-4-10(7-16)17-11/h1-3,6,10-11H,4-5,7,16H2/t10-,11+/m1/s1. The summed E-state index contributed by atoms with van der Waals surface area (Å²) >= 11 is 0. The van der Waals surface area contributed by atoms with Crippen LogP contribution in [0.5, 0.6) is 0 Å². The Morgan fingerprint density at radius 1 is 1.29 bits per heavy atom. The second kappa shape index (κ2) is 4.66. The van der Waals surface area contributed by atoms with Crippen molar-refractivity contribution in [3.63, 3.8) is 0 Å². The first kappa shape index (κ1) is 12.4. The molecule has 2 rings (SSSR count). The van der Waals surface area contributed by atoms with Gasteiger partial charge in [-0.15, -0.1) is 0 Å². The minimum atomic E-state index is -4.30. The van der Waals surface area contributed by atoms with E-state index >= 15 is 0 Å². The Bertz CT molecular complexity index is 392. The van der Waals surface area contributed by atoms with Gasteiger partial charge in [0.1, 0.15) is 0 Å². The first-order chi connectivity index (χ1) is 8.00. The van der Waals surface area contributed by atoms with Crippen molar-refractivity contribution in [2.75, 3.05) is 6.54 Å². The number of rotatable bonds is 2. The monoisotopic (exact) mass is 245 g/mol. The highest BCUT2D eigenvalue weighted by Crippen LogP contribution is 2.35. The van der Waals surface area contributed by atoms with Crippen LogP contribution in [0.25, 0.3) is 0 Å². The lowest BCUT2D eigenvalue weighted by Gasteiger charge is -2.14. The van der Waals surface area contributed by atoms with Crippen LogP contribution >= 0.6 is 0 Å². The predicted octanol–water partition coefficient (Wildman–Crippen LogP) is 2.88. The van der Waals surface area contributed by atoms with Gasteiger partial charge in [-0.05, 0) is 30.5 Å². The van der Waals surface area contributed by atoms with E-state index in [1.807, 2.05) is 0 Å². The van der Waals surface area contributed by atoms with Gasteiger partial charge in [0.05, 0.1) is 17.8 Å². The largest absolute Gasteiger partial charge is 0.416 e. The zero-order valence-corrected chi connectivity index (χ0v) is 9.20. The maximum Gasteiger partial charge on any atom is 0.416 e. The summed E-state index contributed by atoms with van der Waals surface area (Å²) in [6, 6.07) is 5.30. The van der Waals surface area contributed by atoms with Crippen LogP contribution in [0.4, 0.5) is 13.2 Å². The summed E-state index contributed by atoms with van der Waals surface area (Å²) < 4.78 is 43.2. The fourth-order valence-corrected chi connectivity index (χ4v) is 2.04. The van der Waals surface area contributed by atoms with Crippen LogP contribution in [0.2, 0.25) is 0 Å². The smallest absolute Gasteiger partial charge is 0.369 e. The van der Waals surface area contributed by atoms with Gasteiger partial charge in [-0.1, -0.05) is 12.1 Å². The van der Waals surface area contributed by atoms with Gasteiger partial charge < -0.3 is 10.5 Å². The zero-order chi connectivity index (χ0) is 12.5. The van der Waals surface area contributed by atoms with Crippen LogP contribution in [-0.4, -0.2) is 12.6 Å². The number of nitrogens with two attached hydrogens (primary N) is 1. The molecule has 0 amide bonds. The van der Waals surface area contributed by atoms with E-state index in [1.54, 1.807) is 6.07 Å². The van der Waals surface area contributed by atoms with E-state index in [0.717, 1.165) is 25.0 Å². The molecule has 0 aliphatic carbocycles. The first-order valence-corrected chi connectivity index (χ1v) is 5.53. The SMILES string of the molecule is NC[C@H]1CC[C@@H](c2cccc(C(F)(F)F)c2)O1. The van der Waals surface area contributed by atoms with E-state index in [9.17, 15) is 13.2 Å². The molecule has 1 aromatic carbocycles. The lowest BCUT2D eigenvalue weighted by atomic mass is 10.0. The van der Waals surface area contributed by atoms with Crippen molar-refractivity contribution in [2.24, 2.45) is 5.73 Å². The zero-order valence-electron chi connectivity index (χ0n) is 9.20. The molecule has 17 heavy (non-hydrogen) atoms. The van der Waals surface area contributed by atoms with Gasteiger partial charge >= 0.3 is 6.18 Å². The molecule has 1 aliphatic rings. The molecule has 0 saturated carbocycles. The molecular formula is C12H14F3NO. The Morgan fingerprint density at radius 2 is 2.06 bits per heavy atom. The lowest BCUT2D eigenvalue weighted by Crippen LogP contribution is -2.18. The molecule has 1 aromatic rings. The van der Waals surface area contributed by atoms with Crippen LogP contribution < -0.4 is 5.73 Å². The highest BCUT2D eigenvalue weighted by atomic mass is 19.4. The van der Waals surface area contributed by atoms with Crippen molar-refractivity contribution in [1.29, 1.82) is 0 Å². The van der Waals surface area contributed by atoms with E-state index < -0.39 is 11.7 Å². The summed E-state index contributed by atoms with van der Waals surface area (Å²) in [7, 11) is 0. The van der Waals surface area contributed by atoms with Crippen molar-refractivity contribution < 1.29 is 17.9 Å². The van der Waals surface area contributed by atoms with Crippen molar-refractivity contribution in [1.82, 2.24) is 0 Å². The highest BCUT2D eigenvalue weighted by molar-refractivity contribution is 5.27. The Labute approximate surface area is 97.6 Å². The molecule has 1 fully saturated rings. The predicted molar refractivity (Wildman–Crippen MR) is 57.3 cm³/mol. The Kier molecular flexibility index (Phi) is 3.40. The van der Waals surface area contributed by atoms with Crippen LogP contribution in [0.1, 0.15) is 30.1 Å². The van der Waals surface area contributed by atoms with Gasteiger partial charge in [-0.2, -0.15) is 13.2 Å². The Balaban J connectivity index is 2.17. The van der Waals surface area contributed by atoms with Crippen LogP contribution in [0.3, 0.4) is 0 Å². The Hall–Kier alpha value is -1.07. The molecule has 2 nitrogen and oxygen atoms in total. The number of benzene rings is 1. The van der Waals surface area contributed by atoms with E-state index in [0.29, 0.717) is 12.1 Å². The molecule has 0 bridgehead atoms. The minimum Gasteiger partial charge on any atom is -0.369 e. The number of hydrogen-bond acceptors (Lipinski definition) is 2. The first-order valence-electron chi connectivity index (χ1n) is 5.53. The van der Waals surface area contributed by atoms with E-state index in [1.165, 1.54) is 6.07 Å². The minimum absolute atomic E-state index is 0.0328. The molecule has 1 aliphatic heterocycles. The molecular weight excluding hydrogens is 231 g/mol. The fraction of sp³-hybridized carbons (Fsp3) is 0.500. The van der Waals surface area contributed by atoms with Crippen LogP contribution in [0, 0.1) is 0 Å². The maximum absolute atomic E-state index is 12.5. The molecule has 5 heteroatoms. The number of ether oxygens (including phenoxy) is 1. The quantitative estimate of drug-likeness (QED) is 0.869. The van der Waals surface area contributed by atoms with Gasteiger partial charge in [0.25, 0.3) is 0 Å². The highest BCUT2D eigenvalue weighted by Gasteiger charge is 2.32. The maximum atomic E-state index is 12.5. The summed E-state index contributed by atoms with van der Waals surface area (Å²) in [6.45, 7) is 0.412. The Morgan fingerprint density at radius 3 is 2.65 bits per heavy atom. The third-order valence-electron chi connectivity index (χ3n) is 2.96. The lowest BCUT2D eigenvalue weighted by molar-refractivity contribution is -0.137. The normalized spacial score (nSPS) is 25.2.